The van der Waals surface area contributed by atoms with Crippen LogP contribution in [0.5, 0.6) is 0 Å². The first kappa shape index (κ1) is 62.8. The SMILES string of the molecule is CC/C=C\C/C=C\C/C=C\C/C=C\C/C=C\CCCCCC(=O)OCC(COCCCCCCCC/C=C\CCCCCCCC)OC(=O)CCCCCCC/C=C\C/C=C\CCCCC. The molecule has 0 radical (unpaired) electrons. The van der Waals surface area contributed by atoms with E-state index in [1.165, 1.54) is 116 Å². The summed E-state index contributed by atoms with van der Waals surface area (Å²) in [5, 5.41) is 0. The van der Waals surface area contributed by atoms with Crippen LogP contribution in [0.15, 0.2) is 97.2 Å². The fourth-order valence-electron chi connectivity index (χ4n) is 7.44. The van der Waals surface area contributed by atoms with Crippen molar-refractivity contribution >= 4 is 11.9 Å². The van der Waals surface area contributed by atoms with Crippen LogP contribution in [0.2, 0.25) is 0 Å². The standard InChI is InChI=1S/C61H104O5/c1-4-7-10-13-16-19-22-25-28-30-31-32-34-36-39-42-45-48-51-54-60(62)65-58-59(57-64-56-53-50-47-44-41-38-35-29-26-23-20-17-14-11-8-5-2)66-61(63)55-52-49-46-43-40-37-33-27-24-21-18-15-12-9-6-3/h7,10,16,18-19,21,25-29,31-33,36,39,59H,4-6,8-9,11-15,17,20,22-24,30,34-35,37-38,40-58H2,1-3H3/b10-7-,19-16-,21-18-,28-25-,29-26-,32-31-,33-27-,39-36-. The third kappa shape index (κ3) is 53.4. The first-order valence-corrected chi connectivity index (χ1v) is 27.8. The van der Waals surface area contributed by atoms with E-state index in [0.717, 1.165) is 103 Å². The maximum Gasteiger partial charge on any atom is 0.306 e. The Labute approximate surface area is 409 Å². The van der Waals surface area contributed by atoms with Crippen LogP contribution in [-0.2, 0) is 23.8 Å². The summed E-state index contributed by atoms with van der Waals surface area (Å²) in [5.74, 6) is -0.453. The topological polar surface area (TPSA) is 61.8 Å². The van der Waals surface area contributed by atoms with Crippen molar-refractivity contribution in [3.05, 3.63) is 97.2 Å². The molecule has 378 valence electrons. The van der Waals surface area contributed by atoms with Gasteiger partial charge in [0.05, 0.1) is 6.61 Å². The van der Waals surface area contributed by atoms with Gasteiger partial charge in [-0.3, -0.25) is 9.59 Å². The number of rotatable bonds is 50. The summed E-state index contributed by atoms with van der Waals surface area (Å²) < 4.78 is 17.4. The maximum absolute atomic E-state index is 12.8. The molecule has 1 atom stereocenters. The van der Waals surface area contributed by atoms with Gasteiger partial charge in [0.1, 0.15) is 6.61 Å². The highest BCUT2D eigenvalue weighted by Gasteiger charge is 2.17. The Balaban J connectivity index is 4.38. The fourth-order valence-corrected chi connectivity index (χ4v) is 7.44. The largest absolute Gasteiger partial charge is 0.462 e. The molecular weight excluding hydrogens is 813 g/mol. The van der Waals surface area contributed by atoms with Gasteiger partial charge in [-0.15, -0.1) is 0 Å². The van der Waals surface area contributed by atoms with Crippen LogP contribution in [0.25, 0.3) is 0 Å². The summed E-state index contributed by atoms with van der Waals surface area (Å²) in [6.07, 6.45) is 75.6. The highest BCUT2D eigenvalue weighted by molar-refractivity contribution is 5.70. The van der Waals surface area contributed by atoms with E-state index in [-0.39, 0.29) is 25.2 Å². The number of esters is 2. The Bertz CT molecular complexity index is 1270. The Hall–Kier alpha value is -3.18. The van der Waals surface area contributed by atoms with E-state index in [4.69, 9.17) is 14.2 Å². The van der Waals surface area contributed by atoms with Gasteiger partial charge < -0.3 is 14.2 Å². The van der Waals surface area contributed by atoms with Gasteiger partial charge in [-0.25, -0.2) is 0 Å². The second-order valence-corrected chi connectivity index (χ2v) is 18.1. The van der Waals surface area contributed by atoms with Crippen LogP contribution in [0.1, 0.15) is 252 Å². The molecule has 0 rings (SSSR count). The first-order valence-electron chi connectivity index (χ1n) is 27.8. The fraction of sp³-hybridized carbons (Fsp3) is 0.705. The van der Waals surface area contributed by atoms with Crippen molar-refractivity contribution in [2.24, 2.45) is 0 Å². The van der Waals surface area contributed by atoms with Gasteiger partial charge in [-0.2, -0.15) is 0 Å². The van der Waals surface area contributed by atoms with Crippen LogP contribution in [-0.4, -0.2) is 37.9 Å². The number of carbonyl (C=O) groups excluding carboxylic acids is 2. The van der Waals surface area contributed by atoms with Crippen molar-refractivity contribution in [3.8, 4) is 0 Å². The lowest BCUT2D eigenvalue weighted by Crippen LogP contribution is -2.30. The van der Waals surface area contributed by atoms with E-state index in [2.05, 4.69) is 118 Å². The second-order valence-electron chi connectivity index (χ2n) is 18.1. The summed E-state index contributed by atoms with van der Waals surface area (Å²) in [5.41, 5.74) is 0. The molecule has 0 saturated carbocycles. The predicted molar refractivity (Wildman–Crippen MR) is 288 cm³/mol. The molecule has 0 aliphatic rings. The molecule has 5 heteroatoms. The Morgan fingerprint density at radius 3 is 1.15 bits per heavy atom. The monoisotopic (exact) mass is 917 g/mol. The Morgan fingerprint density at radius 1 is 0.348 bits per heavy atom. The van der Waals surface area contributed by atoms with E-state index >= 15 is 0 Å². The molecule has 0 spiro atoms. The average molecular weight is 917 g/mol. The molecule has 0 saturated heterocycles. The zero-order chi connectivity index (χ0) is 47.7. The molecule has 0 aliphatic heterocycles. The number of unbranched alkanes of at least 4 members (excludes halogenated alkanes) is 23. The predicted octanol–water partition coefficient (Wildman–Crippen LogP) is 19.0. The highest BCUT2D eigenvalue weighted by Crippen LogP contribution is 2.13. The van der Waals surface area contributed by atoms with Crippen molar-refractivity contribution in [3.63, 3.8) is 0 Å². The molecule has 0 aliphatic carbocycles. The van der Waals surface area contributed by atoms with Gasteiger partial charge >= 0.3 is 11.9 Å². The van der Waals surface area contributed by atoms with Gasteiger partial charge in [0.15, 0.2) is 6.10 Å². The van der Waals surface area contributed by atoms with Crippen molar-refractivity contribution in [1.29, 1.82) is 0 Å². The molecule has 0 heterocycles. The lowest BCUT2D eigenvalue weighted by molar-refractivity contribution is -0.163. The molecule has 66 heavy (non-hydrogen) atoms. The zero-order valence-corrected chi connectivity index (χ0v) is 43.4. The number of allylic oxidation sites excluding steroid dienone is 16. The van der Waals surface area contributed by atoms with E-state index in [0.29, 0.717) is 19.4 Å². The van der Waals surface area contributed by atoms with Gasteiger partial charge in [-0.05, 0) is 122 Å². The van der Waals surface area contributed by atoms with Gasteiger partial charge in [0.25, 0.3) is 0 Å². The summed E-state index contributed by atoms with van der Waals surface area (Å²) in [4.78, 5) is 25.5. The summed E-state index contributed by atoms with van der Waals surface area (Å²) in [6.45, 7) is 7.63. The van der Waals surface area contributed by atoms with E-state index in [9.17, 15) is 9.59 Å². The van der Waals surface area contributed by atoms with E-state index < -0.39 is 6.10 Å². The van der Waals surface area contributed by atoms with Crippen LogP contribution < -0.4 is 0 Å². The third-order valence-electron chi connectivity index (χ3n) is 11.6. The molecule has 0 bridgehead atoms. The van der Waals surface area contributed by atoms with Crippen LogP contribution in [0, 0.1) is 0 Å². The molecule has 0 fully saturated rings. The van der Waals surface area contributed by atoms with Crippen molar-refractivity contribution in [2.75, 3.05) is 19.8 Å². The van der Waals surface area contributed by atoms with Gasteiger partial charge in [0.2, 0.25) is 0 Å². The molecule has 1 unspecified atom stereocenters. The molecule has 0 amide bonds. The van der Waals surface area contributed by atoms with E-state index in [1.807, 2.05) is 0 Å². The van der Waals surface area contributed by atoms with Crippen molar-refractivity contribution in [2.45, 2.75) is 258 Å². The minimum atomic E-state index is -0.566. The number of hydrogen-bond acceptors (Lipinski definition) is 5. The molecule has 5 nitrogen and oxygen atoms in total. The minimum Gasteiger partial charge on any atom is -0.462 e. The average Bonchev–Trinajstić information content (AvgIpc) is 3.32. The smallest absolute Gasteiger partial charge is 0.306 e. The zero-order valence-electron chi connectivity index (χ0n) is 43.4. The van der Waals surface area contributed by atoms with Crippen LogP contribution >= 0.6 is 0 Å². The quantitative estimate of drug-likeness (QED) is 0.0346. The third-order valence-corrected chi connectivity index (χ3v) is 11.6. The number of ether oxygens (including phenoxy) is 3. The molecule has 0 aromatic heterocycles. The van der Waals surface area contributed by atoms with Gasteiger partial charge in [-0.1, -0.05) is 214 Å². The van der Waals surface area contributed by atoms with E-state index in [1.54, 1.807) is 0 Å². The molecule has 0 N–H and O–H groups in total. The Morgan fingerprint density at radius 2 is 0.682 bits per heavy atom. The molecule has 0 aromatic rings. The van der Waals surface area contributed by atoms with Crippen LogP contribution in [0.4, 0.5) is 0 Å². The minimum absolute atomic E-state index is 0.0557. The van der Waals surface area contributed by atoms with Gasteiger partial charge in [0, 0.05) is 19.4 Å². The van der Waals surface area contributed by atoms with Crippen molar-refractivity contribution in [1.82, 2.24) is 0 Å². The second kappa shape index (κ2) is 56.1. The summed E-state index contributed by atoms with van der Waals surface area (Å²) in [7, 11) is 0. The number of hydrogen-bond donors (Lipinski definition) is 0. The molecular formula is C61H104O5. The molecule has 0 aromatic carbocycles. The lowest BCUT2D eigenvalue weighted by atomic mass is 10.1. The highest BCUT2D eigenvalue weighted by atomic mass is 16.6. The Kier molecular flexibility index (Phi) is 53.4. The normalized spacial score (nSPS) is 13.0. The van der Waals surface area contributed by atoms with Crippen molar-refractivity contribution < 1.29 is 23.8 Å². The first-order chi connectivity index (χ1) is 32.6. The summed E-state index contributed by atoms with van der Waals surface area (Å²) in [6, 6.07) is 0. The summed E-state index contributed by atoms with van der Waals surface area (Å²) >= 11 is 0. The maximum atomic E-state index is 12.8. The lowest BCUT2D eigenvalue weighted by Gasteiger charge is -2.18. The number of carbonyl (C=O) groups is 2. The van der Waals surface area contributed by atoms with Crippen LogP contribution in [0.3, 0.4) is 0 Å².